The maximum atomic E-state index is 14.1. The van der Waals surface area contributed by atoms with Crippen LogP contribution in [0.15, 0.2) is 36.7 Å². The SMILES string of the molecule is COc1cc(OC)c(Cl)c(N(COCC[Si](C)(C)C)C(=O)N(C)c2cc(Cc3ccc(CN(C)C)cc3[N+](=O)[O-])ncn2)c1Cl. The van der Waals surface area contributed by atoms with E-state index in [2.05, 4.69) is 29.6 Å². The lowest BCUT2D eigenvalue weighted by atomic mass is 10.0. The van der Waals surface area contributed by atoms with E-state index in [1.807, 2.05) is 25.1 Å². The van der Waals surface area contributed by atoms with E-state index in [0.717, 1.165) is 11.6 Å². The molecule has 0 saturated heterocycles. The lowest BCUT2D eigenvalue weighted by Gasteiger charge is -2.30. The van der Waals surface area contributed by atoms with Crippen molar-refractivity contribution < 1.29 is 23.9 Å². The number of nitro groups is 1. The molecule has 2 amide bonds. The molecule has 0 radical (unpaired) electrons. The largest absolute Gasteiger partial charge is 0.495 e. The Morgan fingerprint density at radius 2 is 1.64 bits per heavy atom. The number of carbonyl (C=O) groups excluding carboxylic acids is 1. The highest BCUT2D eigenvalue weighted by molar-refractivity contribution is 6.76. The maximum Gasteiger partial charge on any atom is 0.331 e. The highest BCUT2D eigenvalue weighted by Crippen LogP contribution is 2.46. The number of methoxy groups -OCH3 is 2. The van der Waals surface area contributed by atoms with Crippen LogP contribution in [0.5, 0.6) is 11.5 Å². The monoisotopic (exact) mass is 678 g/mol. The summed E-state index contributed by atoms with van der Waals surface area (Å²) in [5.41, 5.74) is 1.95. The molecule has 3 rings (SSSR count). The van der Waals surface area contributed by atoms with E-state index in [9.17, 15) is 14.9 Å². The summed E-state index contributed by atoms with van der Waals surface area (Å²) in [5, 5.41) is 12.1. The van der Waals surface area contributed by atoms with Crippen LogP contribution in [0.1, 0.15) is 16.8 Å². The van der Waals surface area contributed by atoms with E-state index in [1.54, 1.807) is 25.2 Å². The highest BCUT2D eigenvalue weighted by Gasteiger charge is 2.30. The van der Waals surface area contributed by atoms with Gasteiger partial charge in [-0.2, -0.15) is 0 Å². The zero-order chi connectivity index (χ0) is 33.5. The van der Waals surface area contributed by atoms with Gasteiger partial charge in [0.15, 0.2) is 0 Å². The first-order valence-electron chi connectivity index (χ1n) is 14.1. The van der Waals surface area contributed by atoms with Gasteiger partial charge in [-0.05, 0) is 25.7 Å². The first kappa shape index (κ1) is 36.0. The summed E-state index contributed by atoms with van der Waals surface area (Å²) in [6.45, 7) is 7.53. The number of urea groups is 1. The van der Waals surface area contributed by atoms with Gasteiger partial charge < -0.3 is 19.1 Å². The van der Waals surface area contributed by atoms with Gasteiger partial charge in [0.25, 0.3) is 5.69 Å². The van der Waals surface area contributed by atoms with Crippen LogP contribution < -0.4 is 19.3 Å². The van der Waals surface area contributed by atoms with Gasteiger partial charge in [-0.1, -0.05) is 55.0 Å². The Bertz CT molecular complexity index is 1490. The molecule has 15 heteroatoms. The average Bonchev–Trinajstić information content (AvgIpc) is 2.97. The lowest BCUT2D eigenvalue weighted by Crippen LogP contribution is -2.43. The predicted molar refractivity (Wildman–Crippen MR) is 180 cm³/mol. The number of benzene rings is 2. The highest BCUT2D eigenvalue weighted by atomic mass is 35.5. The number of anilines is 2. The molecular formula is C30H40Cl2N6O6Si. The third-order valence-electron chi connectivity index (χ3n) is 6.82. The quantitative estimate of drug-likeness (QED) is 0.0600. The fraction of sp³-hybridized carbons (Fsp3) is 0.433. The van der Waals surface area contributed by atoms with Gasteiger partial charge in [0.2, 0.25) is 0 Å². The number of nitro benzene ring substituents is 1. The van der Waals surface area contributed by atoms with Gasteiger partial charge in [0.1, 0.15) is 40.4 Å². The fourth-order valence-electron chi connectivity index (χ4n) is 4.39. The second kappa shape index (κ2) is 15.7. The van der Waals surface area contributed by atoms with Gasteiger partial charge in [-0.15, -0.1) is 0 Å². The second-order valence-corrected chi connectivity index (χ2v) is 18.3. The molecule has 1 aromatic heterocycles. The van der Waals surface area contributed by atoms with Crippen LogP contribution in [0, 0.1) is 10.1 Å². The molecule has 0 N–H and O–H groups in total. The van der Waals surface area contributed by atoms with Crippen LogP contribution in [0.4, 0.5) is 22.0 Å². The third kappa shape index (κ3) is 9.50. The van der Waals surface area contributed by atoms with Gasteiger partial charge in [0, 0.05) is 58.5 Å². The molecule has 0 aliphatic rings. The van der Waals surface area contributed by atoms with Crippen LogP contribution in [-0.4, -0.2) is 82.6 Å². The van der Waals surface area contributed by atoms with Crippen molar-refractivity contribution in [3.8, 4) is 11.5 Å². The number of hydrogen-bond acceptors (Lipinski definition) is 9. The summed E-state index contributed by atoms with van der Waals surface area (Å²) in [5.74, 6) is 0.780. The molecule has 0 unspecified atom stereocenters. The number of hydrogen-bond donors (Lipinski definition) is 0. The zero-order valence-electron chi connectivity index (χ0n) is 26.9. The van der Waals surface area contributed by atoms with E-state index in [0.29, 0.717) is 24.4 Å². The Hall–Kier alpha value is -3.49. The first-order chi connectivity index (χ1) is 21.2. The van der Waals surface area contributed by atoms with E-state index in [1.165, 1.54) is 36.4 Å². The van der Waals surface area contributed by atoms with Crippen LogP contribution in [0.3, 0.4) is 0 Å². The lowest BCUT2D eigenvalue weighted by molar-refractivity contribution is -0.385. The Kier molecular flexibility index (Phi) is 12.5. The van der Waals surface area contributed by atoms with Crippen molar-refractivity contribution in [2.45, 2.75) is 38.7 Å². The van der Waals surface area contributed by atoms with E-state index >= 15 is 0 Å². The second-order valence-electron chi connectivity index (χ2n) is 11.9. The van der Waals surface area contributed by atoms with Gasteiger partial charge >= 0.3 is 6.03 Å². The van der Waals surface area contributed by atoms with Gasteiger partial charge in [0.05, 0.1) is 30.5 Å². The number of ether oxygens (including phenoxy) is 3. The number of carbonyl (C=O) groups is 1. The summed E-state index contributed by atoms with van der Waals surface area (Å²) in [6.07, 6.45) is 1.47. The summed E-state index contributed by atoms with van der Waals surface area (Å²) in [7, 11) is 6.82. The summed E-state index contributed by atoms with van der Waals surface area (Å²) >= 11 is 13.4. The third-order valence-corrected chi connectivity index (χ3v) is 9.26. The number of nitrogens with zero attached hydrogens (tertiary/aromatic N) is 6. The van der Waals surface area contributed by atoms with Crippen LogP contribution >= 0.6 is 23.2 Å². The molecule has 12 nitrogen and oxygen atoms in total. The Balaban J connectivity index is 1.97. The van der Waals surface area contributed by atoms with E-state index < -0.39 is 19.0 Å². The average molecular weight is 680 g/mol. The number of rotatable bonds is 14. The van der Waals surface area contributed by atoms with Crippen LogP contribution in [0.2, 0.25) is 35.7 Å². The van der Waals surface area contributed by atoms with Crippen LogP contribution in [0.25, 0.3) is 0 Å². The Morgan fingerprint density at radius 1 is 1.00 bits per heavy atom. The molecule has 0 aliphatic heterocycles. The molecular weight excluding hydrogens is 639 g/mol. The van der Waals surface area contributed by atoms with Crippen molar-refractivity contribution in [1.82, 2.24) is 14.9 Å². The van der Waals surface area contributed by atoms with Crippen molar-refractivity contribution in [3.63, 3.8) is 0 Å². The van der Waals surface area contributed by atoms with E-state index in [-0.39, 0.29) is 51.9 Å². The van der Waals surface area contributed by atoms with Gasteiger partial charge in [-0.25, -0.2) is 14.8 Å². The van der Waals surface area contributed by atoms with Gasteiger partial charge in [-0.3, -0.25) is 19.9 Å². The number of aromatic nitrogens is 2. The molecule has 0 aliphatic carbocycles. The van der Waals surface area contributed by atoms with Crippen molar-refractivity contribution in [3.05, 3.63) is 73.6 Å². The maximum absolute atomic E-state index is 14.1. The molecule has 1 heterocycles. The normalized spacial score (nSPS) is 11.4. The van der Waals surface area contributed by atoms with E-state index in [4.69, 9.17) is 37.4 Å². The molecule has 0 atom stereocenters. The Morgan fingerprint density at radius 3 is 2.20 bits per heavy atom. The minimum atomic E-state index is -1.41. The Labute approximate surface area is 275 Å². The molecule has 3 aromatic rings. The summed E-state index contributed by atoms with van der Waals surface area (Å²) in [6, 6.07) is 8.63. The molecule has 45 heavy (non-hydrogen) atoms. The standard InChI is InChI=1S/C30H40Cl2N6O6Si/c1-35(2)17-20-9-10-21(23(13-20)38(40)41)14-22-15-26(34-18-33-22)36(3)30(39)37(19-44-11-12-45(6,7)8)29-27(31)24(42-4)16-25(43-5)28(29)32/h9-10,13,15-16,18H,11-12,14,17,19H2,1-8H3. The number of halogens is 2. The molecule has 0 spiro atoms. The van der Waals surface area contributed by atoms with Crippen molar-refractivity contribution >= 4 is 54.5 Å². The van der Waals surface area contributed by atoms with Crippen molar-refractivity contribution in [2.24, 2.45) is 0 Å². The van der Waals surface area contributed by atoms with Crippen molar-refractivity contribution in [2.75, 3.05) is 58.5 Å². The summed E-state index contributed by atoms with van der Waals surface area (Å²) in [4.78, 5) is 38.8. The van der Waals surface area contributed by atoms with Crippen LogP contribution in [-0.2, 0) is 17.7 Å². The minimum Gasteiger partial charge on any atom is -0.495 e. The molecule has 0 fully saturated rings. The smallest absolute Gasteiger partial charge is 0.331 e. The topological polar surface area (TPSA) is 123 Å². The first-order valence-corrected chi connectivity index (χ1v) is 18.6. The predicted octanol–water partition coefficient (Wildman–Crippen LogP) is 6.74. The molecule has 0 saturated carbocycles. The molecule has 0 bridgehead atoms. The fourth-order valence-corrected chi connectivity index (χ4v) is 5.85. The minimum absolute atomic E-state index is 0.00292. The molecule has 2 aromatic carbocycles. The zero-order valence-corrected chi connectivity index (χ0v) is 29.4. The molecule has 244 valence electrons. The number of amides is 2. The summed E-state index contributed by atoms with van der Waals surface area (Å²) < 4.78 is 16.8. The van der Waals surface area contributed by atoms with Crippen molar-refractivity contribution in [1.29, 1.82) is 0 Å².